The van der Waals surface area contributed by atoms with E-state index in [4.69, 9.17) is 11.3 Å². The van der Waals surface area contributed by atoms with Crippen LogP contribution >= 0.6 is 27.7 Å². The van der Waals surface area contributed by atoms with Gasteiger partial charge in [0.15, 0.2) is 5.69 Å². The van der Waals surface area contributed by atoms with Gasteiger partial charge in [-0.1, -0.05) is 23.9 Å². The van der Waals surface area contributed by atoms with E-state index < -0.39 is 0 Å². The summed E-state index contributed by atoms with van der Waals surface area (Å²) in [5, 5.41) is 1.78. The molecule has 7 heteroatoms. The number of aryl methyl sites for hydroxylation is 1. The minimum Gasteiger partial charge on any atom is -0.456 e. The molecule has 2 amide bonds. The maximum absolute atomic E-state index is 12.1. The third-order valence-corrected chi connectivity index (χ3v) is 6.56. The summed E-state index contributed by atoms with van der Waals surface area (Å²) < 4.78 is 6.71. The molecule has 27 heavy (non-hydrogen) atoms. The van der Waals surface area contributed by atoms with E-state index in [2.05, 4.69) is 26.1 Å². The van der Waals surface area contributed by atoms with Crippen molar-refractivity contribution in [2.75, 3.05) is 0 Å². The van der Waals surface area contributed by atoms with Gasteiger partial charge in [-0.05, 0) is 70.6 Å². The van der Waals surface area contributed by atoms with Crippen LogP contribution in [0, 0.1) is 6.57 Å². The summed E-state index contributed by atoms with van der Waals surface area (Å²) in [6.07, 6.45) is 2.80. The first-order valence-corrected chi connectivity index (χ1v) is 10.2. The van der Waals surface area contributed by atoms with E-state index in [1.54, 1.807) is 18.2 Å². The second-order valence-electron chi connectivity index (χ2n) is 6.50. The number of amides is 2. The zero-order valence-electron chi connectivity index (χ0n) is 14.2. The summed E-state index contributed by atoms with van der Waals surface area (Å²) in [6.45, 7) is 7.06. The summed E-state index contributed by atoms with van der Waals surface area (Å²) in [5.74, 6) is 1.22. The van der Waals surface area contributed by atoms with Crippen molar-refractivity contribution in [3.05, 3.63) is 63.4 Å². The Hall–Kier alpha value is -2.30. The molecule has 1 saturated heterocycles. The van der Waals surface area contributed by atoms with Crippen molar-refractivity contribution in [3.63, 3.8) is 0 Å². The van der Waals surface area contributed by atoms with Crippen molar-refractivity contribution in [2.24, 2.45) is 0 Å². The molecular formula is C20H15BrN2O3S. The van der Waals surface area contributed by atoms with Crippen LogP contribution in [0.3, 0.4) is 0 Å². The Labute approximate surface area is 169 Å². The largest absolute Gasteiger partial charge is 0.456 e. The number of benzene rings is 2. The molecular weight excluding hydrogens is 428 g/mol. The van der Waals surface area contributed by atoms with Gasteiger partial charge >= 0.3 is 0 Å². The van der Waals surface area contributed by atoms with Gasteiger partial charge in [-0.25, -0.2) is 4.85 Å². The maximum atomic E-state index is 12.1. The highest BCUT2D eigenvalue weighted by atomic mass is 79.9. The quantitative estimate of drug-likeness (QED) is 0.631. The highest BCUT2D eigenvalue weighted by Gasteiger charge is 2.40. The Balaban J connectivity index is 1.59. The van der Waals surface area contributed by atoms with Crippen LogP contribution in [-0.4, -0.2) is 16.4 Å². The fourth-order valence-corrected chi connectivity index (χ4v) is 5.06. The van der Waals surface area contributed by atoms with Crippen molar-refractivity contribution in [2.45, 2.75) is 30.4 Å². The molecule has 2 aliphatic rings. The summed E-state index contributed by atoms with van der Waals surface area (Å²) in [5.41, 5.74) is 2.83. The molecule has 0 bridgehead atoms. The second kappa shape index (κ2) is 7.37. The van der Waals surface area contributed by atoms with E-state index in [1.165, 1.54) is 0 Å². The Kier molecular flexibility index (Phi) is 4.94. The lowest BCUT2D eigenvalue weighted by Crippen LogP contribution is -2.30. The maximum Gasteiger partial charge on any atom is 0.286 e. The highest BCUT2D eigenvalue weighted by molar-refractivity contribution is 9.10. The first-order chi connectivity index (χ1) is 13.0. The lowest BCUT2D eigenvalue weighted by atomic mass is 9.80. The van der Waals surface area contributed by atoms with Gasteiger partial charge in [-0.15, -0.1) is 0 Å². The van der Waals surface area contributed by atoms with Crippen LogP contribution in [0.4, 0.5) is 10.5 Å². The van der Waals surface area contributed by atoms with Crippen molar-refractivity contribution in [3.8, 4) is 11.5 Å². The molecule has 1 aliphatic carbocycles. The van der Waals surface area contributed by atoms with E-state index in [9.17, 15) is 9.59 Å². The number of hydrogen-bond acceptors (Lipinski definition) is 4. The van der Waals surface area contributed by atoms with Crippen LogP contribution < -0.4 is 10.1 Å². The van der Waals surface area contributed by atoms with Crippen molar-refractivity contribution >= 4 is 44.5 Å². The minimum atomic E-state index is -0.348. The molecule has 4 rings (SSSR count). The highest BCUT2D eigenvalue weighted by Crippen LogP contribution is 2.42. The van der Waals surface area contributed by atoms with Crippen molar-refractivity contribution in [1.29, 1.82) is 0 Å². The number of ether oxygens (including phenoxy) is 1. The molecule has 0 saturated carbocycles. The Morgan fingerprint density at radius 3 is 2.78 bits per heavy atom. The molecule has 0 aromatic heterocycles. The smallest absolute Gasteiger partial charge is 0.286 e. The zero-order chi connectivity index (χ0) is 19.0. The molecule has 2 aromatic rings. The number of nitrogens with one attached hydrogen (secondary N) is 1. The molecule has 136 valence electrons. The molecule has 0 radical (unpaired) electrons. The monoisotopic (exact) mass is 442 g/mol. The lowest BCUT2D eigenvalue weighted by molar-refractivity contribution is -0.119. The molecule has 2 aromatic carbocycles. The van der Waals surface area contributed by atoms with Crippen molar-refractivity contribution < 1.29 is 14.3 Å². The number of rotatable bonds is 3. The normalized spacial score (nSPS) is 21.3. The predicted octanol–water partition coefficient (Wildman–Crippen LogP) is 5.56. The SMILES string of the molecule is [C-]#[N+]c1ccc(Oc2ccc3c(c2)CCC[C@H]3C2SC(=O)NC2=O)c(Br)c1. The van der Waals surface area contributed by atoms with Crippen LogP contribution in [0.2, 0.25) is 0 Å². The predicted molar refractivity (Wildman–Crippen MR) is 108 cm³/mol. The molecule has 1 aliphatic heterocycles. The fraction of sp³-hybridized carbons (Fsp3) is 0.250. The van der Waals surface area contributed by atoms with Gasteiger partial charge in [0, 0.05) is 10.4 Å². The van der Waals surface area contributed by atoms with Crippen LogP contribution in [-0.2, 0) is 11.2 Å². The third-order valence-electron chi connectivity index (χ3n) is 4.83. The molecule has 0 spiro atoms. The van der Waals surface area contributed by atoms with Gasteiger partial charge < -0.3 is 4.74 Å². The lowest BCUT2D eigenvalue weighted by Gasteiger charge is -2.28. The number of halogens is 1. The Morgan fingerprint density at radius 2 is 2.07 bits per heavy atom. The summed E-state index contributed by atoms with van der Waals surface area (Å²) in [7, 11) is 0. The molecule has 1 N–H and O–H groups in total. The van der Waals surface area contributed by atoms with E-state index in [-0.39, 0.29) is 22.3 Å². The summed E-state index contributed by atoms with van der Waals surface area (Å²) >= 11 is 4.53. The standard InChI is InChI=1S/C20H15BrN2O3S/c1-22-12-5-8-17(16(21)10-12)26-13-6-7-14-11(9-13)3-2-4-15(14)18-19(24)23-20(25)27-18/h5-10,15,18H,2-4H2,(H,23,24,25)/t15-,18?/m1/s1. The number of nitrogens with zero attached hydrogens (tertiary/aromatic N) is 1. The first-order valence-electron chi connectivity index (χ1n) is 8.54. The van der Waals surface area contributed by atoms with Crippen LogP contribution in [0.5, 0.6) is 11.5 Å². The van der Waals surface area contributed by atoms with Gasteiger partial charge in [-0.2, -0.15) is 0 Å². The number of carbonyl (C=O) groups is 2. The Morgan fingerprint density at radius 1 is 1.22 bits per heavy atom. The van der Waals surface area contributed by atoms with Gasteiger partial charge in [0.2, 0.25) is 5.91 Å². The third kappa shape index (κ3) is 3.60. The van der Waals surface area contributed by atoms with Gasteiger partial charge in [0.1, 0.15) is 16.7 Å². The molecule has 1 unspecified atom stereocenters. The van der Waals surface area contributed by atoms with E-state index in [1.807, 2.05) is 18.2 Å². The zero-order valence-corrected chi connectivity index (χ0v) is 16.6. The fourth-order valence-electron chi connectivity index (χ4n) is 3.61. The molecule has 1 heterocycles. The molecule has 5 nitrogen and oxygen atoms in total. The van der Waals surface area contributed by atoms with Gasteiger partial charge in [0.05, 0.1) is 6.57 Å². The van der Waals surface area contributed by atoms with Crippen LogP contribution in [0.25, 0.3) is 4.85 Å². The number of hydrogen-bond donors (Lipinski definition) is 1. The number of thioether (sulfide) groups is 1. The van der Waals surface area contributed by atoms with Gasteiger partial charge in [-0.3, -0.25) is 14.9 Å². The van der Waals surface area contributed by atoms with Crippen molar-refractivity contribution in [1.82, 2.24) is 5.32 Å². The molecule has 1 fully saturated rings. The number of carbonyl (C=O) groups excluding carboxylic acids is 2. The Bertz CT molecular complexity index is 986. The minimum absolute atomic E-state index is 0.0453. The van der Waals surface area contributed by atoms with Gasteiger partial charge in [0.25, 0.3) is 5.24 Å². The average Bonchev–Trinajstić information content (AvgIpc) is 3.00. The van der Waals surface area contributed by atoms with Crippen LogP contribution in [0.15, 0.2) is 40.9 Å². The summed E-state index contributed by atoms with van der Waals surface area (Å²) in [4.78, 5) is 27.0. The van der Waals surface area contributed by atoms with Crippen LogP contribution in [0.1, 0.15) is 29.9 Å². The summed E-state index contributed by atoms with van der Waals surface area (Å²) in [6, 6.07) is 11.1. The van der Waals surface area contributed by atoms with E-state index in [0.717, 1.165) is 46.6 Å². The van der Waals surface area contributed by atoms with E-state index >= 15 is 0 Å². The second-order valence-corrected chi connectivity index (χ2v) is 8.47. The average molecular weight is 443 g/mol. The topological polar surface area (TPSA) is 59.8 Å². The number of imide groups is 1. The number of fused-ring (bicyclic) bond motifs is 1. The first kappa shape index (κ1) is 18.1. The molecule has 2 atom stereocenters. The van der Waals surface area contributed by atoms with E-state index in [0.29, 0.717) is 17.2 Å².